The first-order valence-electron chi connectivity index (χ1n) is 9.58. The number of rotatable bonds is 5. The molecule has 1 aromatic heterocycles. The fraction of sp³-hybridized carbons (Fsp3) is 0.130. The van der Waals surface area contributed by atoms with Crippen molar-refractivity contribution in [1.29, 1.82) is 0 Å². The highest BCUT2D eigenvalue weighted by Crippen LogP contribution is 2.45. The third kappa shape index (κ3) is 3.58. The van der Waals surface area contributed by atoms with Crippen molar-refractivity contribution >= 4 is 34.1 Å². The average Bonchev–Trinajstić information content (AvgIpc) is 3.37. The summed E-state index contributed by atoms with van der Waals surface area (Å²) in [4.78, 5) is 14.8. The molecule has 8 heteroatoms. The Morgan fingerprint density at radius 1 is 1.06 bits per heavy atom. The quantitative estimate of drug-likeness (QED) is 0.284. The van der Waals surface area contributed by atoms with Gasteiger partial charge < -0.3 is 14.5 Å². The van der Waals surface area contributed by atoms with Gasteiger partial charge in [0.2, 0.25) is 13.3 Å². The second-order valence-corrected chi connectivity index (χ2v) is 8.11. The van der Waals surface area contributed by atoms with Crippen LogP contribution in [0.4, 0.5) is 0 Å². The van der Waals surface area contributed by atoms with E-state index in [2.05, 4.69) is 4.98 Å². The van der Waals surface area contributed by atoms with Crippen LogP contribution in [0.15, 0.2) is 60.7 Å². The topological polar surface area (TPSA) is 77.4 Å². The summed E-state index contributed by atoms with van der Waals surface area (Å²) < 4.78 is 10.9. The number of aromatic amines is 1. The highest BCUT2D eigenvalue weighted by molar-refractivity contribution is 6.32. The first kappa shape index (κ1) is 19.7. The smallest absolute Gasteiger partial charge is 0.231 e. The molecule has 0 amide bonds. The lowest BCUT2D eigenvalue weighted by atomic mass is 9.87. The molecular weight excluding hydrogens is 439 g/mol. The van der Waals surface area contributed by atoms with Gasteiger partial charge in [-0.1, -0.05) is 53.5 Å². The molecule has 0 fully saturated rings. The number of hydrogen-bond acceptors (Lipinski definition) is 4. The Hall–Kier alpha value is -3.22. The zero-order valence-electron chi connectivity index (χ0n) is 16.1. The van der Waals surface area contributed by atoms with E-state index < -0.39 is 5.92 Å². The van der Waals surface area contributed by atoms with Gasteiger partial charge in [-0.15, -0.1) is 0 Å². The zero-order chi connectivity index (χ0) is 21.5. The molecular formula is C23H16Cl2N2O4. The molecule has 1 atom stereocenters. The maximum Gasteiger partial charge on any atom is 0.231 e. The highest BCUT2D eigenvalue weighted by atomic mass is 35.5. The number of nitro groups is 1. The second-order valence-electron chi connectivity index (χ2n) is 7.27. The normalized spacial score (nSPS) is 13.5. The Balaban J connectivity index is 1.76. The van der Waals surface area contributed by atoms with Crippen LogP contribution in [0.1, 0.15) is 17.0 Å². The fourth-order valence-corrected chi connectivity index (χ4v) is 4.47. The molecule has 5 rings (SSSR count). The number of nitrogens with zero attached hydrogens (tertiary/aromatic N) is 1. The number of ether oxygens (including phenoxy) is 2. The molecule has 0 saturated heterocycles. The first-order valence-corrected chi connectivity index (χ1v) is 10.3. The van der Waals surface area contributed by atoms with E-state index in [-0.39, 0.29) is 18.3 Å². The number of nitrogens with one attached hydrogen (secondary N) is 1. The van der Waals surface area contributed by atoms with Crippen LogP contribution >= 0.6 is 23.2 Å². The highest BCUT2D eigenvalue weighted by Gasteiger charge is 2.30. The van der Waals surface area contributed by atoms with Gasteiger partial charge in [0.25, 0.3) is 0 Å². The average molecular weight is 455 g/mol. The minimum atomic E-state index is -0.566. The van der Waals surface area contributed by atoms with Gasteiger partial charge >= 0.3 is 0 Å². The molecule has 2 heterocycles. The van der Waals surface area contributed by atoms with Gasteiger partial charge in [-0.2, -0.15) is 0 Å². The Kier molecular flexibility index (Phi) is 4.96. The molecule has 156 valence electrons. The number of aromatic nitrogens is 1. The predicted octanol–water partition coefficient (Wildman–Crippen LogP) is 6.28. The van der Waals surface area contributed by atoms with Gasteiger partial charge in [0.05, 0.1) is 16.6 Å². The van der Waals surface area contributed by atoms with Crippen molar-refractivity contribution in [3.05, 3.63) is 92.0 Å². The summed E-state index contributed by atoms with van der Waals surface area (Å²) >= 11 is 12.5. The van der Waals surface area contributed by atoms with Crippen LogP contribution in [-0.2, 0) is 0 Å². The van der Waals surface area contributed by atoms with Gasteiger partial charge in [-0.25, -0.2) is 0 Å². The molecule has 0 spiro atoms. The minimum absolute atomic E-state index is 0.0710. The summed E-state index contributed by atoms with van der Waals surface area (Å²) in [5, 5.41) is 13.6. The number of fused-ring (bicyclic) bond motifs is 2. The van der Waals surface area contributed by atoms with Crippen LogP contribution in [0.3, 0.4) is 0 Å². The van der Waals surface area contributed by atoms with E-state index in [1.54, 1.807) is 24.3 Å². The first-order chi connectivity index (χ1) is 15.0. The van der Waals surface area contributed by atoms with Crippen molar-refractivity contribution in [3.8, 4) is 22.8 Å². The van der Waals surface area contributed by atoms with Gasteiger partial charge in [0, 0.05) is 20.8 Å². The molecule has 0 radical (unpaired) electrons. The third-order valence-electron chi connectivity index (χ3n) is 5.41. The molecule has 0 unspecified atom stereocenters. The van der Waals surface area contributed by atoms with Crippen molar-refractivity contribution in [3.63, 3.8) is 0 Å². The largest absolute Gasteiger partial charge is 0.454 e. The van der Waals surface area contributed by atoms with Gasteiger partial charge in [0.1, 0.15) is 0 Å². The monoisotopic (exact) mass is 454 g/mol. The van der Waals surface area contributed by atoms with Crippen molar-refractivity contribution in [2.24, 2.45) is 0 Å². The zero-order valence-corrected chi connectivity index (χ0v) is 17.6. The Morgan fingerprint density at radius 3 is 2.61 bits per heavy atom. The lowest BCUT2D eigenvalue weighted by Crippen LogP contribution is -2.14. The number of halogens is 2. The predicted molar refractivity (Wildman–Crippen MR) is 120 cm³/mol. The van der Waals surface area contributed by atoms with Crippen LogP contribution in [0.25, 0.3) is 22.2 Å². The van der Waals surface area contributed by atoms with Crippen LogP contribution in [-0.4, -0.2) is 23.2 Å². The maximum atomic E-state index is 11.7. The van der Waals surface area contributed by atoms with Crippen LogP contribution in [0.2, 0.25) is 10.0 Å². The van der Waals surface area contributed by atoms with E-state index in [4.69, 9.17) is 32.7 Å². The number of H-pyrrole nitrogens is 1. The molecule has 31 heavy (non-hydrogen) atoms. The molecule has 1 aliphatic heterocycles. The molecule has 1 aliphatic rings. The van der Waals surface area contributed by atoms with Crippen LogP contribution in [0, 0.1) is 10.1 Å². The summed E-state index contributed by atoms with van der Waals surface area (Å²) in [6, 6.07) is 18.6. The van der Waals surface area contributed by atoms with Crippen molar-refractivity contribution < 1.29 is 14.4 Å². The third-order valence-corrected chi connectivity index (χ3v) is 5.94. The molecule has 0 saturated carbocycles. The molecule has 0 bridgehead atoms. The van der Waals surface area contributed by atoms with E-state index in [0.29, 0.717) is 27.1 Å². The van der Waals surface area contributed by atoms with Crippen molar-refractivity contribution in [2.75, 3.05) is 13.3 Å². The molecule has 3 aromatic carbocycles. The summed E-state index contributed by atoms with van der Waals surface area (Å²) in [6.45, 7) is -0.236. The second kappa shape index (κ2) is 7.80. The summed E-state index contributed by atoms with van der Waals surface area (Å²) in [5.74, 6) is 0.384. The Labute approximate surface area is 187 Å². The standard InChI is InChI=1S/C23H16Cl2N2O4/c24-15-7-5-13(6-8-15)22-21(16-3-1-2-4-19(16)26-22)17(11-27(28)29)14-9-18(25)23-20(10-14)30-12-31-23/h1-10,17,26H,11-12H2/t17-/m0/s1. The van der Waals surface area contributed by atoms with E-state index in [1.807, 2.05) is 36.4 Å². The summed E-state index contributed by atoms with van der Waals surface area (Å²) in [5.41, 5.74) is 4.09. The number of benzene rings is 3. The van der Waals surface area contributed by atoms with Gasteiger partial charge in [-0.3, -0.25) is 10.1 Å². The minimum Gasteiger partial charge on any atom is -0.454 e. The van der Waals surface area contributed by atoms with Crippen LogP contribution in [0.5, 0.6) is 11.5 Å². The molecule has 0 aliphatic carbocycles. The molecule has 1 N–H and O–H groups in total. The Morgan fingerprint density at radius 2 is 1.84 bits per heavy atom. The SMILES string of the molecule is O=[N+]([O-])C[C@@H](c1cc(Cl)c2c(c1)OCO2)c1c(-c2ccc(Cl)cc2)[nH]c2ccccc12. The van der Waals surface area contributed by atoms with Gasteiger partial charge in [-0.05, 0) is 47.0 Å². The van der Waals surface area contributed by atoms with Crippen LogP contribution < -0.4 is 9.47 Å². The van der Waals surface area contributed by atoms with E-state index >= 15 is 0 Å². The van der Waals surface area contributed by atoms with Gasteiger partial charge in [0.15, 0.2) is 11.5 Å². The summed E-state index contributed by atoms with van der Waals surface area (Å²) in [6.07, 6.45) is 0. The van der Waals surface area contributed by atoms with Crippen molar-refractivity contribution in [2.45, 2.75) is 5.92 Å². The molecule has 4 aromatic rings. The number of para-hydroxylation sites is 1. The Bertz CT molecular complexity index is 1300. The van der Waals surface area contributed by atoms with E-state index in [1.165, 1.54) is 0 Å². The van der Waals surface area contributed by atoms with Crippen molar-refractivity contribution in [1.82, 2.24) is 4.98 Å². The fourth-order valence-electron chi connectivity index (χ4n) is 4.07. The lowest BCUT2D eigenvalue weighted by molar-refractivity contribution is -0.481. The lowest BCUT2D eigenvalue weighted by Gasteiger charge is -2.17. The van der Waals surface area contributed by atoms with E-state index in [0.717, 1.165) is 27.7 Å². The summed E-state index contributed by atoms with van der Waals surface area (Å²) in [7, 11) is 0. The molecule has 6 nitrogen and oxygen atoms in total. The number of hydrogen-bond donors (Lipinski definition) is 1. The van der Waals surface area contributed by atoms with E-state index in [9.17, 15) is 10.1 Å². The maximum absolute atomic E-state index is 11.7.